The Labute approximate surface area is 160 Å². The molecule has 0 saturated carbocycles. The molecule has 1 amide bonds. The van der Waals surface area contributed by atoms with Crippen molar-refractivity contribution in [3.05, 3.63) is 72.1 Å². The second kappa shape index (κ2) is 7.48. The van der Waals surface area contributed by atoms with Crippen LogP contribution in [-0.4, -0.2) is 26.5 Å². The Morgan fingerprint density at radius 3 is 2.85 bits per heavy atom. The van der Waals surface area contributed by atoms with Gasteiger partial charge in [0.25, 0.3) is 0 Å². The Balaban J connectivity index is 1.33. The molecule has 0 fully saturated rings. The van der Waals surface area contributed by atoms with Crippen molar-refractivity contribution in [2.75, 3.05) is 11.1 Å². The molecule has 1 aliphatic rings. The molecule has 0 saturated heterocycles. The van der Waals surface area contributed by atoms with E-state index >= 15 is 0 Å². The van der Waals surface area contributed by atoms with Crippen molar-refractivity contribution in [1.82, 2.24) is 9.78 Å². The van der Waals surface area contributed by atoms with Gasteiger partial charge >= 0.3 is 0 Å². The number of rotatable bonds is 4. The summed E-state index contributed by atoms with van der Waals surface area (Å²) in [5, 5.41) is 16.8. The zero-order valence-corrected chi connectivity index (χ0v) is 15.1. The van der Waals surface area contributed by atoms with Crippen molar-refractivity contribution < 1.29 is 4.79 Å². The number of aliphatic imine (C=N–C) groups is 1. The van der Waals surface area contributed by atoms with E-state index in [0.29, 0.717) is 17.0 Å². The van der Waals surface area contributed by atoms with Crippen LogP contribution in [0, 0.1) is 11.3 Å². The number of nitrogens with one attached hydrogen (secondary N) is 1. The van der Waals surface area contributed by atoms with E-state index in [1.54, 1.807) is 30.5 Å². The predicted molar refractivity (Wildman–Crippen MR) is 107 cm³/mol. The summed E-state index contributed by atoms with van der Waals surface area (Å²) in [6.45, 7) is 0. The number of hydrogen-bond donors (Lipinski definition) is 1. The van der Waals surface area contributed by atoms with Gasteiger partial charge in [-0.2, -0.15) is 10.4 Å². The highest BCUT2D eigenvalue weighted by molar-refractivity contribution is 8.14. The minimum atomic E-state index is -0.0967. The fraction of sp³-hybridized carbons (Fsp3) is 0.100. The van der Waals surface area contributed by atoms with Crippen LogP contribution in [0.25, 0.3) is 5.69 Å². The lowest BCUT2D eigenvalue weighted by atomic mass is 10.1. The molecule has 0 aliphatic carbocycles. The Kier molecular flexibility index (Phi) is 4.73. The van der Waals surface area contributed by atoms with Crippen molar-refractivity contribution in [3.8, 4) is 11.8 Å². The summed E-state index contributed by atoms with van der Waals surface area (Å²) in [5.74, 6) is 0.194. The first-order valence-corrected chi connectivity index (χ1v) is 9.33. The van der Waals surface area contributed by atoms with Gasteiger partial charge in [0.05, 0.1) is 33.8 Å². The number of hydrogen-bond acceptors (Lipinski definition) is 5. The first kappa shape index (κ1) is 17.1. The van der Waals surface area contributed by atoms with Crippen LogP contribution in [0.15, 0.2) is 65.9 Å². The number of nitriles is 1. The van der Waals surface area contributed by atoms with Crippen LogP contribution in [0.3, 0.4) is 0 Å². The van der Waals surface area contributed by atoms with Crippen LogP contribution in [0.1, 0.15) is 11.1 Å². The summed E-state index contributed by atoms with van der Waals surface area (Å²) in [7, 11) is 0. The lowest BCUT2D eigenvalue weighted by Gasteiger charge is -2.05. The first-order valence-electron chi connectivity index (χ1n) is 8.34. The Morgan fingerprint density at radius 1 is 1.26 bits per heavy atom. The van der Waals surface area contributed by atoms with Crippen molar-refractivity contribution in [3.63, 3.8) is 0 Å². The minimum absolute atomic E-state index is 0.0967. The molecule has 0 atom stereocenters. The van der Waals surface area contributed by atoms with E-state index in [-0.39, 0.29) is 5.91 Å². The van der Waals surface area contributed by atoms with E-state index < -0.39 is 0 Å². The van der Waals surface area contributed by atoms with Crippen LogP contribution < -0.4 is 5.32 Å². The van der Waals surface area contributed by atoms with Crippen LogP contribution in [0.5, 0.6) is 0 Å². The molecule has 0 radical (unpaired) electrons. The number of nitrogens with zero attached hydrogens (tertiary/aromatic N) is 4. The highest BCUT2D eigenvalue weighted by atomic mass is 32.2. The minimum Gasteiger partial charge on any atom is -0.325 e. The van der Waals surface area contributed by atoms with E-state index in [4.69, 9.17) is 5.26 Å². The lowest BCUT2D eigenvalue weighted by Crippen LogP contribution is -2.15. The van der Waals surface area contributed by atoms with Crippen LogP contribution in [-0.2, 0) is 11.2 Å². The summed E-state index contributed by atoms with van der Waals surface area (Å²) in [4.78, 5) is 16.8. The second-order valence-corrected chi connectivity index (χ2v) is 7.02. The number of anilines is 1. The number of carbonyl (C=O) groups is 1. The summed E-state index contributed by atoms with van der Waals surface area (Å²) in [5.41, 5.74) is 4.33. The normalized spacial score (nSPS) is 12.2. The molecule has 7 heteroatoms. The van der Waals surface area contributed by atoms with Gasteiger partial charge in [-0.15, -0.1) is 11.8 Å². The number of fused-ring (bicyclic) bond motifs is 1. The maximum absolute atomic E-state index is 12.1. The molecule has 0 unspecified atom stereocenters. The molecule has 3 aromatic rings. The van der Waals surface area contributed by atoms with E-state index in [1.165, 1.54) is 11.8 Å². The maximum Gasteiger partial charge on any atom is 0.234 e. The molecule has 132 valence electrons. The van der Waals surface area contributed by atoms with Crippen molar-refractivity contribution in [2.45, 2.75) is 6.42 Å². The quantitative estimate of drug-likeness (QED) is 0.756. The number of carbonyl (C=O) groups excluding carboxylic acids is 1. The number of thioether (sulfide) groups is 1. The van der Waals surface area contributed by atoms with Gasteiger partial charge in [-0.1, -0.05) is 0 Å². The summed E-state index contributed by atoms with van der Waals surface area (Å²) in [6, 6.07) is 16.8. The van der Waals surface area contributed by atoms with Crippen molar-refractivity contribution in [2.24, 2.45) is 4.99 Å². The zero-order valence-electron chi connectivity index (χ0n) is 14.3. The molecule has 2 aromatic carbocycles. The van der Waals surface area contributed by atoms with Gasteiger partial charge in [-0.25, -0.2) is 9.67 Å². The van der Waals surface area contributed by atoms with Gasteiger partial charge in [-0.3, -0.25) is 4.79 Å². The summed E-state index contributed by atoms with van der Waals surface area (Å²) < 4.78 is 1.82. The Morgan fingerprint density at radius 2 is 2.11 bits per heavy atom. The molecule has 0 bridgehead atoms. The van der Waals surface area contributed by atoms with Crippen LogP contribution >= 0.6 is 11.8 Å². The van der Waals surface area contributed by atoms with E-state index in [9.17, 15) is 4.79 Å². The predicted octanol–water partition coefficient (Wildman–Crippen LogP) is 3.70. The summed E-state index contributed by atoms with van der Waals surface area (Å²) >= 11 is 1.44. The molecule has 1 aliphatic heterocycles. The molecule has 4 rings (SSSR count). The Bertz CT molecular complexity index is 1050. The van der Waals surface area contributed by atoms with E-state index in [2.05, 4.69) is 27.5 Å². The number of aromatic nitrogens is 2. The molecule has 1 N–H and O–H groups in total. The lowest BCUT2D eigenvalue weighted by molar-refractivity contribution is -0.113. The number of benzene rings is 2. The molecule has 0 spiro atoms. The van der Waals surface area contributed by atoms with Gasteiger partial charge in [0.15, 0.2) is 0 Å². The van der Waals surface area contributed by atoms with Crippen LogP contribution in [0.2, 0.25) is 0 Å². The summed E-state index contributed by atoms with van der Waals surface area (Å²) in [6.07, 6.45) is 4.37. The maximum atomic E-state index is 12.1. The van der Waals surface area contributed by atoms with Gasteiger partial charge < -0.3 is 5.32 Å². The first-order chi connectivity index (χ1) is 13.2. The van der Waals surface area contributed by atoms with Crippen molar-refractivity contribution in [1.29, 1.82) is 5.26 Å². The topological polar surface area (TPSA) is 83.1 Å². The smallest absolute Gasteiger partial charge is 0.234 e. The SMILES string of the molecule is N#Cc1ccc(NC(=O)CSC2=Nc3ccc(-n4cccn4)cc3C2)cc1. The standard InChI is InChI=1S/C20H15N5OS/c21-12-14-2-4-16(5-3-14)23-19(26)13-27-20-11-15-10-17(6-7-18(15)24-20)25-9-1-8-22-25/h1-10H,11,13H2,(H,23,26). The van der Waals surface area contributed by atoms with Crippen molar-refractivity contribution >= 4 is 34.1 Å². The third-order valence-electron chi connectivity index (χ3n) is 4.09. The average molecular weight is 373 g/mol. The fourth-order valence-corrected chi connectivity index (χ4v) is 3.57. The second-order valence-electron chi connectivity index (χ2n) is 5.97. The fourth-order valence-electron chi connectivity index (χ4n) is 2.78. The van der Waals surface area contributed by atoms with E-state index in [0.717, 1.165) is 28.4 Å². The highest BCUT2D eigenvalue weighted by Gasteiger charge is 2.17. The molecular weight excluding hydrogens is 358 g/mol. The highest BCUT2D eigenvalue weighted by Crippen LogP contribution is 2.31. The molecule has 1 aromatic heterocycles. The van der Waals surface area contributed by atoms with Crippen LogP contribution in [0.4, 0.5) is 11.4 Å². The molecule has 27 heavy (non-hydrogen) atoms. The van der Waals surface area contributed by atoms with Gasteiger partial charge in [-0.05, 0) is 54.1 Å². The van der Waals surface area contributed by atoms with Gasteiger partial charge in [0.1, 0.15) is 0 Å². The zero-order chi connectivity index (χ0) is 18.6. The largest absolute Gasteiger partial charge is 0.325 e. The monoisotopic (exact) mass is 373 g/mol. The van der Waals surface area contributed by atoms with Gasteiger partial charge in [0.2, 0.25) is 5.91 Å². The molecule has 2 heterocycles. The molecular formula is C20H15N5OS. The van der Waals surface area contributed by atoms with E-state index in [1.807, 2.05) is 29.1 Å². The third kappa shape index (κ3) is 3.91. The molecule has 6 nitrogen and oxygen atoms in total. The van der Waals surface area contributed by atoms with Gasteiger partial charge in [0, 0.05) is 24.5 Å². The number of amides is 1. The third-order valence-corrected chi connectivity index (χ3v) is 5.06. The Hall–Kier alpha value is -3.37. The average Bonchev–Trinajstić information content (AvgIpc) is 3.36.